The van der Waals surface area contributed by atoms with Crippen molar-refractivity contribution in [3.05, 3.63) is 42.5 Å². The third kappa shape index (κ3) is 3.32. The van der Waals surface area contributed by atoms with Gasteiger partial charge in [0.15, 0.2) is 11.5 Å². The summed E-state index contributed by atoms with van der Waals surface area (Å²) in [4.78, 5) is 15.2. The largest absolute Gasteiger partial charge is 0.491 e. The maximum atomic E-state index is 10.0. The molecule has 2 aromatic heterocycles. The first-order chi connectivity index (χ1) is 10.7. The lowest BCUT2D eigenvalue weighted by Crippen LogP contribution is -2.26. The van der Waals surface area contributed by atoms with Gasteiger partial charge in [-0.2, -0.15) is 0 Å². The SMILES string of the molecule is Cc1cccc(OCC(O)CNc2ncnc3nc[nH]c23)c1. The number of aliphatic hydroxyl groups is 1. The van der Waals surface area contributed by atoms with Gasteiger partial charge in [-0.25, -0.2) is 15.0 Å². The van der Waals surface area contributed by atoms with Crippen LogP contribution in [0.1, 0.15) is 5.56 Å². The molecule has 22 heavy (non-hydrogen) atoms. The number of nitrogens with one attached hydrogen (secondary N) is 2. The van der Waals surface area contributed by atoms with Crippen molar-refractivity contribution in [1.82, 2.24) is 19.9 Å². The number of ether oxygens (including phenoxy) is 1. The molecule has 1 unspecified atom stereocenters. The minimum Gasteiger partial charge on any atom is -0.491 e. The molecule has 0 spiro atoms. The zero-order valence-electron chi connectivity index (χ0n) is 12.2. The van der Waals surface area contributed by atoms with Crippen LogP contribution in [0.3, 0.4) is 0 Å². The first-order valence-electron chi connectivity index (χ1n) is 6.98. The Labute approximate surface area is 127 Å². The normalized spacial score (nSPS) is 12.3. The van der Waals surface area contributed by atoms with E-state index < -0.39 is 6.10 Å². The van der Waals surface area contributed by atoms with Crippen LogP contribution >= 0.6 is 0 Å². The number of hydrogen-bond acceptors (Lipinski definition) is 6. The number of anilines is 1. The molecule has 0 bridgehead atoms. The van der Waals surface area contributed by atoms with E-state index in [1.54, 1.807) is 6.33 Å². The van der Waals surface area contributed by atoms with Gasteiger partial charge in [-0.3, -0.25) is 0 Å². The second-order valence-electron chi connectivity index (χ2n) is 4.99. The second kappa shape index (κ2) is 6.40. The van der Waals surface area contributed by atoms with Crippen molar-refractivity contribution >= 4 is 17.0 Å². The number of H-pyrrole nitrogens is 1. The van der Waals surface area contributed by atoms with E-state index in [-0.39, 0.29) is 6.61 Å². The fraction of sp³-hybridized carbons (Fsp3) is 0.267. The maximum Gasteiger partial charge on any atom is 0.182 e. The molecule has 1 aromatic carbocycles. The van der Waals surface area contributed by atoms with Gasteiger partial charge < -0.3 is 20.1 Å². The molecule has 0 aliphatic carbocycles. The van der Waals surface area contributed by atoms with Crippen molar-refractivity contribution in [2.45, 2.75) is 13.0 Å². The summed E-state index contributed by atoms with van der Waals surface area (Å²) in [7, 11) is 0. The predicted octanol–water partition coefficient (Wildman–Crippen LogP) is 1.51. The molecule has 114 valence electrons. The topological polar surface area (TPSA) is 96.0 Å². The first kappa shape index (κ1) is 14.3. The number of nitrogens with zero attached hydrogens (tertiary/aromatic N) is 3. The van der Waals surface area contributed by atoms with Gasteiger partial charge in [-0.1, -0.05) is 12.1 Å². The Balaban J connectivity index is 1.54. The monoisotopic (exact) mass is 299 g/mol. The van der Waals surface area contributed by atoms with Crippen LogP contribution in [-0.2, 0) is 0 Å². The van der Waals surface area contributed by atoms with Gasteiger partial charge >= 0.3 is 0 Å². The lowest BCUT2D eigenvalue weighted by Gasteiger charge is -2.14. The lowest BCUT2D eigenvalue weighted by molar-refractivity contribution is 0.117. The van der Waals surface area contributed by atoms with E-state index in [1.165, 1.54) is 6.33 Å². The van der Waals surface area contributed by atoms with E-state index in [1.807, 2.05) is 31.2 Å². The molecule has 0 radical (unpaired) electrons. The number of fused-ring (bicyclic) bond motifs is 1. The molecule has 3 rings (SSSR count). The summed E-state index contributed by atoms with van der Waals surface area (Å²) in [6, 6.07) is 7.71. The number of benzene rings is 1. The van der Waals surface area contributed by atoms with Gasteiger partial charge in [-0.15, -0.1) is 0 Å². The average molecular weight is 299 g/mol. The quantitative estimate of drug-likeness (QED) is 0.638. The van der Waals surface area contributed by atoms with E-state index in [9.17, 15) is 5.11 Å². The van der Waals surface area contributed by atoms with Crippen LogP contribution in [0.15, 0.2) is 36.9 Å². The zero-order chi connectivity index (χ0) is 15.4. The molecule has 0 fully saturated rings. The van der Waals surface area contributed by atoms with Gasteiger partial charge in [0.1, 0.15) is 30.3 Å². The molecule has 7 heteroatoms. The van der Waals surface area contributed by atoms with Crippen molar-refractivity contribution in [3.63, 3.8) is 0 Å². The summed E-state index contributed by atoms with van der Waals surface area (Å²) >= 11 is 0. The van der Waals surface area contributed by atoms with Crippen molar-refractivity contribution < 1.29 is 9.84 Å². The van der Waals surface area contributed by atoms with Crippen molar-refractivity contribution in [2.75, 3.05) is 18.5 Å². The van der Waals surface area contributed by atoms with E-state index in [0.29, 0.717) is 23.5 Å². The van der Waals surface area contributed by atoms with Crippen LogP contribution in [0.5, 0.6) is 5.75 Å². The molecular formula is C15H17N5O2. The minimum atomic E-state index is -0.659. The Morgan fingerprint density at radius 2 is 2.23 bits per heavy atom. The molecular weight excluding hydrogens is 282 g/mol. The standard InChI is InChI=1S/C15H17N5O2/c1-10-3-2-4-12(5-10)22-7-11(21)6-16-14-13-15(18-8-17-13)20-9-19-14/h2-5,8-9,11,21H,6-7H2,1H3,(H2,16,17,18,19,20). The smallest absolute Gasteiger partial charge is 0.182 e. The molecule has 0 aliphatic rings. The highest BCUT2D eigenvalue weighted by molar-refractivity contribution is 5.81. The number of aliphatic hydroxyl groups excluding tert-OH is 1. The molecule has 0 aliphatic heterocycles. The number of aryl methyl sites for hydroxylation is 1. The van der Waals surface area contributed by atoms with Crippen LogP contribution in [0.2, 0.25) is 0 Å². The molecule has 3 N–H and O–H groups in total. The molecule has 1 atom stereocenters. The third-order valence-corrected chi connectivity index (χ3v) is 3.16. The van der Waals surface area contributed by atoms with E-state index in [0.717, 1.165) is 11.3 Å². The number of imidazole rings is 1. The summed E-state index contributed by atoms with van der Waals surface area (Å²) in [6.07, 6.45) is 2.33. The highest BCUT2D eigenvalue weighted by Gasteiger charge is 2.09. The Bertz CT molecular complexity index is 758. The lowest BCUT2D eigenvalue weighted by atomic mass is 10.2. The van der Waals surface area contributed by atoms with Crippen LogP contribution in [0.25, 0.3) is 11.2 Å². The number of aromatic nitrogens is 4. The Kier molecular flexibility index (Phi) is 4.15. The highest BCUT2D eigenvalue weighted by Crippen LogP contribution is 2.15. The summed E-state index contributed by atoms with van der Waals surface area (Å²) in [6.45, 7) is 2.51. The number of hydrogen-bond donors (Lipinski definition) is 3. The van der Waals surface area contributed by atoms with Crippen molar-refractivity contribution in [2.24, 2.45) is 0 Å². The Morgan fingerprint density at radius 1 is 1.32 bits per heavy atom. The summed E-state index contributed by atoms with van der Waals surface area (Å²) in [5, 5.41) is 13.1. The summed E-state index contributed by atoms with van der Waals surface area (Å²) < 4.78 is 5.57. The summed E-state index contributed by atoms with van der Waals surface area (Å²) in [5.74, 6) is 1.36. The highest BCUT2D eigenvalue weighted by atomic mass is 16.5. The van der Waals surface area contributed by atoms with Gasteiger partial charge in [0.05, 0.1) is 6.33 Å². The number of rotatable bonds is 6. The molecule has 0 saturated carbocycles. The molecule has 2 heterocycles. The maximum absolute atomic E-state index is 10.0. The molecule has 0 saturated heterocycles. The number of aromatic amines is 1. The van der Waals surface area contributed by atoms with E-state index in [4.69, 9.17) is 4.74 Å². The van der Waals surface area contributed by atoms with Crippen LogP contribution in [0.4, 0.5) is 5.82 Å². The Hall–Kier alpha value is -2.67. The van der Waals surface area contributed by atoms with Gasteiger partial charge in [-0.05, 0) is 24.6 Å². The average Bonchev–Trinajstić information content (AvgIpc) is 3.00. The van der Waals surface area contributed by atoms with Gasteiger partial charge in [0, 0.05) is 6.54 Å². The molecule has 0 amide bonds. The van der Waals surface area contributed by atoms with Crippen molar-refractivity contribution in [1.29, 1.82) is 0 Å². The van der Waals surface area contributed by atoms with E-state index >= 15 is 0 Å². The van der Waals surface area contributed by atoms with E-state index in [2.05, 4.69) is 25.3 Å². The predicted molar refractivity (Wildman–Crippen MR) is 82.9 cm³/mol. The third-order valence-electron chi connectivity index (χ3n) is 3.16. The molecule has 7 nitrogen and oxygen atoms in total. The van der Waals surface area contributed by atoms with Gasteiger partial charge in [0.2, 0.25) is 0 Å². The summed E-state index contributed by atoms with van der Waals surface area (Å²) in [5.41, 5.74) is 2.42. The van der Waals surface area contributed by atoms with Crippen molar-refractivity contribution in [3.8, 4) is 5.75 Å². The second-order valence-corrected chi connectivity index (χ2v) is 4.99. The minimum absolute atomic E-state index is 0.202. The van der Waals surface area contributed by atoms with Crippen LogP contribution in [0, 0.1) is 6.92 Å². The van der Waals surface area contributed by atoms with Crippen LogP contribution in [-0.4, -0.2) is 44.3 Å². The molecule has 3 aromatic rings. The van der Waals surface area contributed by atoms with Gasteiger partial charge in [0.25, 0.3) is 0 Å². The fourth-order valence-electron chi connectivity index (χ4n) is 2.07. The van der Waals surface area contributed by atoms with Crippen LogP contribution < -0.4 is 10.1 Å². The Morgan fingerprint density at radius 3 is 3.09 bits per heavy atom. The first-order valence-corrected chi connectivity index (χ1v) is 6.98. The fourth-order valence-corrected chi connectivity index (χ4v) is 2.07. The zero-order valence-corrected chi connectivity index (χ0v) is 12.2.